The molecule has 29 nitrogen and oxygen atoms in total. The first-order valence-corrected chi connectivity index (χ1v) is 27.2. The highest BCUT2D eigenvalue weighted by molar-refractivity contribution is 5.90. The molecule has 458 valence electrons. The van der Waals surface area contributed by atoms with E-state index in [-0.39, 0.29) is 81.2 Å². The monoisotopic (exact) mass is 1170 g/mol. The van der Waals surface area contributed by atoms with E-state index in [1.165, 1.54) is 33.8 Å². The van der Waals surface area contributed by atoms with Gasteiger partial charge in [-0.3, -0.25) is 48.6 Å². The molecule has 12 N–H and O–H groups in total. The molecule has 2 aliphatic carbocycles. The van der Waals surface area contributed by atoms with Crippen LogP contribution in [0.2, 0.25) is 0 Å². The van der Waals surface area contributed by atoms with Crippen molar-refractivity contribution in [2.24, 2.45) is 17.6 Å². The van der Waals surface area contributed by atoms with E-state index in [4.69, 9.17) is 34.5 Å². The summed E-state index contributed by atoms with van der Waals surface area (Å²) in [6.07, 6.45) is -5.17. The standard InChI is InChI=1S/C53H79N7O22/c1-8-10-11-12-13-18-40(68)79-44-42-41(28(4)43(44)80-49(74)27(3)9-2)45-53(77,29(5)50(75)81-45)34(26-52(42,7)82-30(6)61)78-51(76)60-59-38(65)25-31(54)46(69)56-24-15-17-37(64)57-32(47(70)71)19-21-35(62)55-23-14-16-36(63)58-33(48(72)73)20-22-39(66)67/h9,29,31-34,42-45,77H,8,10-26,54H2,1-7H3,(H,55,62)(H,56,69)(H,57,64)(H,58,63)(H,59,65)(H,60,76)(H,66,67)(H,70,71)(H,72,73)/b27-9-/t29-,31-,32-,33-,34-,42+,43-,44-,45-,52-,53+/m0/s1. The number of hydrogen-bond donors (Lipinski definition) is 11. The molecule has 1 heterocycles. The number of amides is 6. The first kappa shape index (κ1) is 68.6. The minimum Gasteiger partial charge on any atom is -0.481 e. The summed E-state index contributed by atoms with van der Waals surface area (Å²) in [4.78, 5) is 163. The zero-order chi connectivity index (χ0) is 61.6. The predicted octanol–water partition coefficient (Wildman–Crippen LogP) is 0.521. The van der Waals surface area contributed by atoms with Crippen molar-refractivity contribution in [3.63, 3.8) is 0 Å². The first-order chi connectivity index (χ1) is 38.5. The molecule has 29 heteroatoms. The number of hydrazine groups is 1. The van der Waals surface area contributed by atoms with Crippen LogP contribution in [0.3, 0.4) is 0 Å². The number of ether oxygens (including phenoxy) is 5. The van der Waals surface area contributed by atoms with Gasteiger partial charge in [0.15, 0.2) is 23.9 Å². The number of allylic oxidation sites excluding steroid dienone is 1. The van der Waals surface area contributed by atoms with Crippen LogP contribution in [-0.2, 0) is 81.2 Å². The summed E-state index contributed by atoms with van der Waals surface area (Å²) in [6, 6.07) is -4.39. The molecule has 1 saturated carbocycles. The zero-order valence-electron chi connectivity index (χ0n) is 47.2. The predicted molar refractivity (Wildman–Crippen MR) is 281 cm³/mol. The Morgan fingerprint density at radius 3 is 1.90 bits per heavy atom. The highest BCUT2D eigenvalue weighted by Crippen LogP contribution is 2.56. The number of carbonyl (C=O) groups excluding carboxylic acids is 10. The summed E-state index contributed by atoms with van der Waals surface area (Å²) in [5.41, 5.74) is 6.22. The molecule has 0 unspecified atom stereocenters. The maximum Gasteiger partial charge on any atom is 0.426 e. The number of aliphatic carboxylic acids is 3. The van der Waals surface area contributed by atoms with Gasteiger partial charge in [-0.1, -0.05) is 38.7 Å². The average molecular weight is 1170 g/mol. The normalized spacial score (nSPS) is 23.8. The zero-order valence-corrected chi connectivity index (χ0v) is 47.2. The fourth-order valence-corrected chi connectivity index (χ4v) is 9.84. The quantitative estimate of drug-likeness (QED) is 0.0109. The minimum atomic E-state index is -2.42. The van der Waals surface area contributed by atoms with Crippen molar-refractivity contribution < 1.29 is 106 Å². The number of esters is 4. The average Bonchev–Trinajstić information content (AvgIpc) is 3.04. The Bertz CT molecular complexity index is 2460. The number of nitrogens with two attached hydrogens (primary N) is 1. The molecular weight excluding hydrogens is 1090 g/mol. The molecule has 3 rings (SSSR count). The number of carboxylic acid groups (broad SMARTS) is 3. The van der Waals surface area contributed by atoms with Gasteiger partial charge in [0.05, 0.1) is 24.3 Å². The summed E-state index contributed by atoms with van der Waals surface area (Å²) >= 11 is 0. The summed E-state index contributed by atoms with van der Waals surface area (Å²) in [5.74, 6) is -13.8. The molecular formula is C53H79N7O22. The van der Waals surface area contributed by atoms with E-state index in [9.17, 15) is 77.6 Å². The summed E-state index contributed by atoms with van der Waals surface area (Å²) in [5, 5.41) is 49.6. The fourth-order valence-electron chi connectivity index (χ4n) is 9.84. The van der Waals surface area contributed by atoms with Crippen LogP contribution in [0.5, 0.6) is 0 Å². The van der Waals surface area contributed by atoms with Gasteiger partial charge in [-0.2, -0.15) is 0 Å². The topological polar surface area (TPSA) is 447 Å². The second kappa shape index (κ2) is 32.1. The molecule has 11 atom stereocenters. The number of unbranched alkanes of at least 4 members (excludes halogenated alkanes) is 4. The van der Waals surface area contributed by atoms with E-state index >= 15 is 0 Å². The lowest BCUT2D eigenvalue weighted by atomic mass is 9.78. The van der Waals surface area contributed by atoms with Crippen molar-refractivity contribution >= 4 is 77.4 Å². The third kappa shape index (κ3) is 19.8. The van der Waals surface area contributed by atoms with Gasteiger partial charge in [0.25, 0.3) is 0 Å². The maximum atomic E-state index is 13.6. The number of carbonyl (C=O) groups is 13. The molecule has 0 aromatic rings. The van der Waals surface area contributed by atoms with E-state index < -0.39 is 162 Å². The fraction of sp³-hybridized carbons (Fsp3) is 0.679. The van der Waals surface area contributed by atoms with Gasteiger partial charge in [-0.15, -0.1) is 0 Å². The van der Waals surface area contributed by atoms with Crippen LogP contribution < -0.4 is 37.9 Å². The van der Waals surface area contributed by atoms with Gasteiger partial charge in [0.1, 0.15) is 23.8 Å². The number of hydrogen-bond acceptors (Lipinski definition) is 20. The largest absolute Gasteiger partial charge is 0.481 e. The number of aliphatic hydroxyl groups is 1. The van der Waals surface area contributed by atoms with Crippen LogP contribution in [0.1, 0.15) is 151 Å². The van der Waals surface area contributed by atoms with Crippen molar-refractivity contribution in [2.75, 3.05) is 13.1 Å². The number of rotatable bonds is 32. The number of fused-ring (bicyclic) bond motifs is 3. The van der Waals surface area contributed by atoms with Crippen molar-refractivity contribution in [3.05, 3.63) is 22.8 Å². The van der Waals surface area contributed by atoms with E-state index in [2.05, 4.69) is 21.3 Å². The van der Waals surface area contributed by atoms with E-state index in [1.54, 1.807) is 6.92 Å². The first-order valence-electron chi connectivity index (χ1n) is 27.2. The Morgan fingerprint density at radius 2 is 1.34 bits per heavy atom. The molecule has 0 bridgehead atoms. The number of carboxylic acids is 3. The SMILES string of the molecule is C/C=C(/C)C(=O)O[C@H]1C(C)=C2[C@H]([C@@H]1OC(=O)CCCCCCC)[C@@](C)(OC(C)=O)C[C@H](OC(=O)NNC(=O)C[C@H](N)C(=O)NCCCC(=O)N[C@@H](CCC(=O)NCCCC(=O)N[C@@H](CCC(=O)O)C(=O)O)C(=O)O)[C@]1(O)[C@@H](C)C(=O)O[C@@H]21. The highest BCUT2D eigenvalue weighted by Gasteiger charge is 2.71. The van der Waals surface area contributed by atoms with Crippen LogP contribution in [0.15, 0.2) is 22.8 Å². The molecule has 1 aliphatic heterocycles. The third-order valence-corrected chi connectivity index (χ3v) is 14.4. The summed E-state index contributed by atoms with van der Waals surface area (Å²) in [6.45, 7) is 10.4. The van der Waals surface area contributed by atoms with Crippen LogP contribution in [0.4, 0.5) is 4.79 Å². The number of nitrogens with one attached hydrogen (secondary N) is 6. The lowest BCUT2D eigenvalue weighted by molar-refractivity contribution is -0.185. The minimum absolute atomic E-state index is 0.0127. The van der Waals surface area contributed by atoms with Crippen molar-refractivity contribution in [3.8, 4) is 0 Å². The third-order valence-electron chi connectivity index (χ3n) is 14.4. The van der Waals surface area contributed by atoms with Gasteiger partial charge in [0, 0.05) is 64.1 Å². The smallest absolute Gasteiger partial charge is 0.426 e. The molecule has 1 saturated heterocycles. The van der Waals surface area contributed by atoms with Gasteiger partial charge in [-0.05, 0) is 77.9 Å². The van der Waals surface area contributed by atoms with Crippen molar-refractivity contribution in [2.45, 2.75) is 205 Å². The van der Waals surface area contributed by atoms with Gasteiger partial charge in [-0.25, -0.2) is 24.6 Å². The lowest BCUT2D eigenvalue weighted by Gasteiger charge is -2.40. The summed E-state index contributed by atoms with van der Waals surface area (Å²) < 4.78 is 29.6. The van der Waals surface area contributed by atoms with Gasteiger partial charge < -0.3 is 71.1 Å². The second-order valence-electron chi connectivity index (χ2n) is 20.7. The molecule has 0 spiro atoms. The van der Waals surface area contributed by atoms with Crippen LogP contribution in [0, 0.1) is 11.8 Å². The second-order valence-corrected chi connectivity index (χ2v) is 20.7. The van der Waals surface area contributed by atoms with Gasteiger partial charge in [0.2, 0.25) is 29.5 Å². The maximum absolute atomic E-state index is 13.6. The van der Waals surface area contributed by atoms with Crippen LogP contribution >= 0.6 is 0 Å². The Kier molecular flexibility index (Phi) is 26.8. The Hall–Kier alpha value is -7.69. The van der Waals surface area contributed by atoms with Crippen LogP contribution in [0.25, 0.3) is 0 Å². The highest BCUT2D eigenvalue weighted by atomic mass is 16.6. The van der Waals surface area contributed by atoms with E-state index in [1.807, 2.05) is 17.8 Å². The van der Waals surface area contributed by atoms with E-state index in [0.717, 1.165) is 32.6 Å². The molecule has 0 radical (unpaired) electrons. The molecule has 6 amide bonds. The van der Waals surface area contributed by atoms with E-state index in [0.29, 0.717) is 6.42 Å². The Labute approximate surface area is 473 Å². The van der Waals surface area contributed by atoms with Gasteiger partial charge >= 0.3 is 47.9 Å². The Balaban J connectivity index is 1.59. The molecule has 82 heavy (non-hydrogen) atoms. The lowest BCUT2D eigenvalue weighted by Crippen LogP contribution is -2.57. The van der Waals surface area contributed by atoms with Crippen molar-refractivity contribution in [1.29, 1.82) is 0 Å². The molecule has 0 aromatic carbocycles. The molecule has 2 fully saturated rings. The summed E-state index contributed by atoms with van der Waals surface area (Å²) in [7, 11) is 0. The Morgan fingerprint density at radius 1 is 0.756 bits per heavy atom. The molecule has 0 aromatic heterocycles. The molecule has 3 aliphatic rings. The van der Waals surface area contributed by atoms with Crippen LogP contribution in [-0.4, -0.2) is 165 Å². The van der Waals surface area contributed by atoms with Crippen molar-refractivity contribution in [1.82, 2.24) is 32.1 Å².